The predicted octanol–water partition coefficient (Wildman–Crippen LogP) is 3.15. The fraction of sp³-hybridized carbons (Fsp3) is 0.455. The minimum Gasteiger partial charge on any atom is -0.389 e. The third kappa shape index (κ3) is 3.21. The van der Waals surface area contributed by atoms with Crippen LogP contribution in [0.1, 0.15) is 31.9 Å². The van der Waals surface area contributed by atoms with E-state index in [2.05, 4.69) is 0 Å². The maximum atomic E-state index is 10.9. The van der Waals surface area contributed by atoms with Gasteiger partial charge in [-0.25, -0.2) is 0 Å². The lowest BCUT2D eigenvalue weighted by molar-refractivity contribution is -0.387. The van der Waals surface area contributed by atoms with Gasteiger partial charge in [0.25, 0.3) is 5.69 Å². The number of hydrogen-bond acceptors (Lipinski definition) is 4. The molecule has 0 aliphatic carbocycles. The summed E-state index contributed by atoms with van der Waals surface area (Å²) in [6, 6.07) is 4.89. The van der Waals surface area contributed by atoms with Gasteiger partial charge in [0.1, 0.15) is 0 Å². The van der Waals surface area contributed by atoms with Crippen LogP contribution in [0.5, 0.6) is 0 Å². The molecule has 4 nitrogen and oxygen atoms in total. The first-order valence-electron chi connectivity index (χ1n) is 5.15. The minimum atomic E-state index is -0.677. The van der Waals surface area contributed by atoms with Crippen LogP contribution in [0, 0.1) is 10.1 Å². The molecule has 0 spiro atoms. The number of nitro groups is 1. The van der Waals surface area contributed by atoms with Crippen molar-refractivity contribution in [2.45, 2.75) is 31.3 Å². The van der Waals surface area contributed by atoms with E-state index in [0.29, 0.717) is 10.5 Å². The largest absolute Gasteiger partial charge is 0.389 e. The summed E-state index contributed by atoms with van der Waals surface area (Å²) in [4.78, 5) is 11.1. The molecule has 0 aromatic heterocycles. The van der Waals surface area contributed by atoms with Gasteiger partial charge in [-0.1, -0.05) is 13.0 Å². The molecule has 1 N–H and O–H groups in total. The fourth-order valence-electron chi connectivity index (χ4n) is 1.27. The summed E-state index contributed by atoms with van der Waals surface area (Å²) in [5.74, 6) is 0.856. The quantitative estimate of drug-likeness (QED) is 0.488. The first-order chi connectivity index (χ1) is 7.56. The molecule has 16 heavy (non-hydrogen) atoms. The van der Waals surface area contributed by atoms with E-state index in [1.807, 2.05) is 6.92 Å². The lowest BCUT2D eigenvalue weighted by atomic mass is 10.1. The maximum absolute atomic E-state index is 10.9. The molecule has 0 radical (unpaired) electrons. The lowest BCUT2D eigenvalue weighted by Crippen LogP contribution is -1.96. The molecule has 0 aliphatic heterocycles. The molecule has 0 aliphatic rings. The molecule has 5 heteroatoms. The molecular formula is C11H15NO3S. The Hall–Kier alpha value is -1.07. The Kier molecular flexibility index (Phi) is 4.76. The van der Waals surface area contributed by atoms with Crippen LogP contribution in [0.3, 0.4) is 0 Å². The average molecular weight is 241 g/mol. The van der Waals surface area contributed by atoms with Gasteiger partial charge in [0.05, 0.1) is 15.9 Å². The van der Waals surface area contributed by atoms with Crippen molar-refractivity contribution in [2.75, 3.05) is 5.75 Å². The van der Waals surface area contributed by atoms with Crippen molar-refractivity contribution in [3.8, 4) is 0 Å². The van der Waals surface area contributed by atoms with Gasteiger partial charge in [-0.2, -0.15) is 0 Å². The second-order valence-corrected chi connectivity index (χ2v) is 4.65. The zero-order chi connectivity index (χ0) is 12.1. The van der Waals surface area contributed by atoms with Crippen LogP contribution in [-0.2, 0) is 0 Å². The summed E-state index contributed by atoms with van der Waals surface area (Å²) < 4.78 is 0. The second kappa shape index (κ2) is 5.86. The number of rotatable bonds is 5. The molecule has 0 saturated carbocycles. The van der Waals surface area contributed by atoms with Crippen molar-refractivity contribution < 1.29 is 10.0 Å². The van der Waals surface area contributed by atoms with Gasteiger partial charge in [-0.05, 0) is 30.7 Å². The standard InChI is InChI=1S/C11H15NO3S/c1-3-6-16-11-5-4-9(8(2)13)7-10(11)12(14)15/h4-5,7-8,13H,3,6H2,1-2H3. The van der Waals surface area contributed by atoms with Gasteiger partial charge in [-0.3, -0.25) is 10.1 Å². The normalized spacial score (nSPS) is 12.4. The molecule has 1 rings (SSSR count). The van der Waals surface area contributed by atoms with E-state index >= 15 is 0 Å². The molecule has 0 bridgehead atoms. The second-order valence-electron chi connectivity index (χ2n) is 3.51. The molecule has 1 atom stereocenters. The van der Waals surface area contributed by atoms with E-state index < -0.39 is 11.0 Å². The van der Waals surface area contributed by atoms with E-state index in [-0.39, 0.29) is 5.69 Å². The molecule has 88 valence electrons. The maximum Gasteiger partial charge on any atom is 0.283 e. The van der Waals surface area contributed by atoms with Gasteiger partial charge in [0, 0.05) is 6.07 Å². The first kappa shape index (κ1) is 13.0. The summed E-state index contributed by atoms with van der Waals surface area (Å²) in [6.07, 6.45) is 0.295. The van der Waals surface area contributed by atoms with Gasteiger partial charge in [0.2, 0.25) is 0 Å². The summed E-state index contributed by atoms with van der Waals surface area (Å²) in [6.45, 7) is 3.63. The van der Waals surface area contributed by atoms with Crippen LogP contribution < -0.4 is 0 Å². The topological polar surface area (TPSA) is 63.4 Å². The van der Waals surface area contributed by atoms with Crippen LogP contribution in [-0.4, -0.2) is 15.8 Å². The fourth-order valence-corrected chi connectivity index (χ4v) is 2.14. The molecule has 0 saturated heterocycles. The van der Waals surface area contributed by atoms with Crippen molar-refractivity contribution in [3.05, 3.63) is 33.9 Å². The molecule has 0 heterocycles. The van der Waals surface area contributed by atoms with Crippen molar-refractivity contribution in [1.82, 2.24) is 0 Å². The summed E-state index contributed by atoms with van der Waals surface area (Å²) in [5.41, 5.74) is 0.657. The Morgan fingerprint density at radius 2 is 2.25 bits per heavy atom. The van der Waals surface area contributed by atoms with Gasteiger partial charge in [-0.15, -0.1) is 11.8 Å². The highest BCUT2D eigenvalue weighted by molar-refractivity contribution is 7.99. The third-order valence-corrected chi connectivity index (χ3v) is 3.39. The zero-order valence-electron chi connectivity index (χ0n) is 9.34. The van der Waals surface area contributed by atoms with E-state index in [4.69, 9.17) is 0 Å². The number of thioether (sulfide) groups is 1. The summed E-state index contributed by atoms with van der Waals surface area (Å²) >= 11 is 1.47. The summed E-state index contributed by atoms with van der Waals surface area (Å²) in [5, 5.41) is 20.2. The van der Waals surface area contributed by atoms with Crippen molar-refractivity contribution in [3.63, 3.8) is 0 Å². The number of benzene rings is 1. The van der Waals surface area contributed by atoms with Crippen molar-refractivity contribution >= 4 is 17.4 Å². The molecular weight excluding hydrogens is 226 g/mol. The lowest BCUT2D eigenvalue weighted by Gasteiger charge is -2.07. The first-order valence-corrected chi connectivity index (χ1v) is 6.14. The van der Waals surface area contributed by atoms with Crippen LogP contribution >= 0.6 is 11.8 Å². The van der Waals surface area contributed by atoms with Gasteiger partial charge in [0.15, 0.2) is 0 Å². The average Bonchev–Trinajstić information content (AvgIpc) is 2.25. The molecule has 1 aromatic rings. The van der Waals surface area contributed by atoms with Gasteiger partial charge >= 0.3 is 0 Å². The van der Waals surface area contributed by atoms with E-state index in [9.17, 15) is 15.2 Å². The predicted molar refractivity (Wildman–Crippen MR) is 64.7 cm³/mol. The Bertz CT molecular complexity index is 379. The summed E-state index contributed by atoms with van der Waals surface area (Å²) in [7, 11) is 0. The highest BCUT2D eigenvalue weighted by Gasteiger charge is 2.16. The van der Waals surface area contributed by atoms with E-state index in [0.717, 1.165) is 12.2 Å². The Morgan fingerprint density at radius 1 is 1.56 bits per heavy atom. The molecule has 0 fully saturated rings. The minimum absolute atomic E-state index is 0.0804. The number of aliphatic hydroxyl groups excluding tert-OH is 1. The Morgan fingerprint density at radius 3 is 2.75 bits per heavy atom. The molecule has 0 amide bonds. The monoisotopic (exact) mass is 241 g/mol. The van der Waals surface area contributed by atoms with Gasteiger partial charge < -0.3 is 5.11 Å². The number of aliphatic hydroxyl groups is 1. The highest BCUT2D eigenvalue weighted by atomic mass is 32.2. The number of nitrogens with zero attached hydrogens (tertiary/aromatic N) is 1. The van der Waals surface area contributed by atoms with Crippen molar-refractivity contribution in [2.24, 2.45) is 0 Å². The van der Waals surface area contributed by atoms with Crippen LogP contribution in [0.4, 0.5) is 5.69 Å². The van der Waals surface area contributed by atoms with Crippen molar-refractivity contribution in [1.29, 1.82) is 0 Å². The number of hydrogen-bond donors (Lipinski definition) is 1. The number of nitro benzene ring substituents is 1. The highest BCUT2D eigenvalue weighted by Crippen LogP contribution is 2.31. The Balaban J connectivity index is 3.04. The molecule has 1 aromatic carbocycles. The van der Waals surface area contributed by atoms with Crippen LogP contribution in [0.15, 0.2) is 23.1 Å². The smallest absolute Gasteiger partial charge is 0.283 e. The van der Waals surface area contributed by atoms with E-state index in [1.54, 1.807) is 19.1 Å². The SMILES string of the molecule is CCCSc1ccc(C(C)O)cc1[N+](=O)[O-]. The Labute approximate surface area is 98.8 Å². The zero-order valence-corrected chi connectivity index (χ0v) is 10.2. The van der Waals surface area contributed by atoms with E-state index in [1.165, 1.54) is 17.8 Å². The third-order valence-electron chi connectivity index (χ3n) is 2.12. The molecule has 1 unspecified atom stereocenters. The van der Waals surface area contributed by atoms with Crippen LogP contribution in [0.2, 0.25) is 0 Å². The van der Waals surface area contributed by atoms with Crippen LogP contribution in [0.25, 0.3) is 0 Å².